The van der Waals surface area contributed by atoms with Gasteiger partial charge >= 0.3 is 6.09 Å². The van der Waals surface area contributed by atoms with Crippen LogP contribution in [0.3, 0.4) is 0 Å². The summed E-state index contributed by atoms with van der Waals surface area (Å²) in [6, 6.07) is 1.60. The van der Waals surface area contributed by atoms with E-state index in [0.29, 0.717) is 6.26 Å². The van der Waals surface area contributed by atoms with E-state index < -0.39 is 6.09 Å². The molecule has 0 saturated carbocycles. The molecule has 5 nitrogen and oxygen atoms in total. The number of amides is 1. The first-order chi connectivity index (χ1) is 5.17. The molecule has 0 atom stereocenters. The average Bonchev–Trinajstić information content (AvgIpc) is 2.05. The maximum Gasteiger partial charge on any atom is 0.414 e. The van der Waals surface area contributed by atoms with Crippen molar-refractivity contribution in [3.8, 4) is 6.07 Å². The number of hydrogen-bond donors (Lipinski definition) is 1. The molecule has 0 radical (unpaired) electrons. The van der Waals surface area contributed by atoms with E-state index in [9.17, 15) is 4.79 Å². The number of hydrogen-bond acceptors (Lipinski definition) is 4. The van der Waals surface area contributed by atoms with Gasteiger partial charge in [0.2, 0.25) is 0 Å². The molecule has 0 aliphatic carbocycles. The first-order valence-electron chi connectivity index (χ1n) is 2.73. The lowest BCUT2D eigenvalue weighted by atomic mass is 10.5. The second kappa shape index (κ2) is 4.17. The predicted molar refractivity (Wildman–Crippen MR) is 36.5 cm³/mol. The molecule has 0 heterocycles. The van der Waals surface area contributed by atoms with Crippen molar-refractivity contribution in [1.29, 1.82) is 5.26 Å². The van der Waals surface area contributed by atoms with Gasteiger partial charge in [0.25, 0.3) is 0 Å². The summed E-state index contributed by atoms with van der Waals surface area (Å²) in [6.45, 7) is 0. The van der Waals surface area contributed by atoms with E-state index in [-0.39, 0.29) is 5.70 Å². The summed E-state index contributed by atoms with van der Waals surface area (Å²) in [4.78, 5) is 11.6. The highest BCUT2D eigenvalue weighted by atomic mass is 16.5. The Morgan fingerprint density at radius 1 is 1.82 bits per heavy atom. The summed E-state index contributed by atoms with van der Waals surface area (Å²) in [7, 11) is 2.50. The first-order valence-corrected chi connectivity index (χ1v) is 2.73. The molecule has 5 heteroatoms. The van der Waals surface area contributed by atoms with E-state index in [4.69, 9.17) is 10.4 Å². The van der Waals surface area contributed by atoms with Crippen LogP contribution in [0.25, 0.3) is 0 Å². The Balaban J connectivity index is 4.37. The van der Waals surface area contributed by atoms with Gasteiger partial charge in [-0.25, -0.2) is 4.79 Å². The zero-order valence-electron chi connectivity index (χ0n) is 6.24. The van der Waals surface area contributed by atoms with Crippen molar-refractivity contribution in [2.24, 2.45) is 0 Å². The molecule has 0 saturated heterocycles. The summed E-state index contributed by atoms with van der Waals surface area (Å²) in [5.41, 5.74) is -0.170. The van der Waals surface area contributed by atoms with Crippen molar-refractivity contribution < 1.29 is 14.6 Å². The summed E-state index contributed by atoms with van der Waals surface area (Å²) in [5, 5.41) is 16.7. The van der Waals surface area contributed by atoms with Gasteiger partial charge < -0.3 is 9.84 Å². The molecule has 0 bridgehead atoms. The Kier molecular flexibility index (Phi) is 3.52. The van der Waals surface area contributed by atoms with Gasteiger partial charge in [0, 0.05) is 7.05 Å². The number of aliphatic hydroxyl groups excluding tert-OH is 1. The van der Waals surface area contributed by atoms with Crippen LogP contribution in [0.1, 0.15) is 0 Å². The Labute approximate surface area is 64.1 Å². The molecule has 0 aromatic rings. The lowest BCUT2D eigenvalue weighted by molar-refractivity contribution is 0.144. The fraction of sp³-hybridized carbons (Fsp3) is 0.333. The minimum Gasteiger partial charge on any atom is -0.513 e. The summed E-state index contributed by atoms with van der Waals surface area (Å²) < 4.78 is 4.28. The zero-order chi connectivity index (χ0) is 8.85. The maximum atomic E-state index is 10.7. The quantitative estimate of drug-likeness (QED) is 0.445. The second-order valence-corrected chi connectivity index (χ2v) is 1.66. The maximum absolute atomic E-state index is 10.7. The Bertz CT molecular complexity index is 216. The van der Waals surface area contributed by atoms with Crippen molar-refractivity contribution in [3.63, 3.8) is 0 Å². The standard InChI is InChI=1S/C6H8N2O3/c1-8(6(10)11-2)5(3-7)4-9/h4,9H,1-2H3/b5-4+. The molecule has 1 N–H and O–H groups in total. The van der Waals surface area contributed by atoms with Gasteiger partial charge in [-0.3, -0.25) is 4.90 Å². The number of methoxy groups -OCH3 is 1. The molecule has 0 aliphatic heterocycles. The smallest absolute Gasteiger partial charge is 0.414 e. The molecule has 0 aliphatic rings. The van der Waals surface area contributed by atoms with Crippen LogP contribution >= 0.6 is 0 Å². The van der Waals surface area contributed by atoms with Gasteiger partial charge in [-0.15, -0.1) is 0 Å². The van der Waals surface area contributed by atoms with Gasteiger partial charge in [0.1, 0.15) is 12.3 Å². The number of nitrogens with zero attached hydrogens (tertiary/aromatic N) is 2. The van der Waals surface area contributed by atoms with E-state index in [1.54, 1.807) is 6.07 Å². The van der Waals surface area contributed by atoms with Crippen LogP contribution in [0.2, 0.25) is 0 Å². The van der Waals surface area contributed by atoms with Crippen LogP contribution in [-0.2, 0) is 4.74 Å². The number of rotatable bonds is 1. The topological polar surface area (TPSA) is 73.6 Å². The third-order valence-electron chi connectivity index (χ3n) is 1.05. The first kappa shape index (κ1) is 9.30. The van der Waals surface area contributed by atoms with Crippen molar-refractivity contribution in [2.75, 3.05) is 14.2 Å². The minimum absolute atomic E-state index is 0.170. The van der Waals surface area contributed by atoms with Crippen molar-refractivity contribution >= 4 is 6.09 Å². The van der Waals surface area contributed by atoms with Crippen LogP contribution < -0.4 is 0 Å². The third kappa shape index (κ3) is 2.18. The predicted octanol–water partition coefficient (Wildman–Crippen LogP) is 0.608. The van der Waals surface area contributed by atoms with E-state index in [1.807, 2.05) is 0 Å². The summed E-state index contributed by atoms with van der Waals surface area (Å²) in [6.07, 6.45) is -0.163. The number of carbonyl (C=O) groups is 1. The van der Waals surface area contributed by atoms with Crippen LogP contribution in [0.15, 0.2) is 12.0 Å². The summed E-state index contributed by atoms with van der Waals surface area (Å²) in [5.74, 6) is 0. The van der Waals surface area contributed by atoms with Crippen LogP contribution in [0.5, 0.6) is 0 Å². The highest BCUT2D eigenvalue weighted by Gasteiger charge is 2.12. The lowest BCUT2D eigenvalue weighted by Crippen LogP contribution is -2.25. The molecule has 0 fully saturated rings. The second-order valence-electron chi connectivity index (χ2n) is 1.66. The molecule has 11 heavy (non-hydrogen) atoms. The average molecular weight is 156 g/mol. The van der Waals surface area contributed by atoms with E-state index in [2.05, 4.69) is 4.74 Å². The molecule has 0 spiro atoms. The van der Waals surface area contributed by atoms with Gasteiger partial charge in [0.15, 0.2) is 5.70 Å². The Morgan fingerprint density at radius 3 is 2.64 bits per heavy atom. The lowest BCUT2D eigenvalue weighted by Gasteiger charge is -2.11. The third-order valence-corrected chi connectivity index (χ3v) is 1.05. The highest BCUT2D eigenvalue weighted by Crippen LogP contribution is 1.99. The Morgan fingerprint density at radius 2 is 2.36 bits per heavy atom. The number of ether oxygens (including phenoxy) is 1. The molecular weight excluding hydrogens is 148 g/mol. The van der Waals surface area contributed by atoms with Crippen LogP contribution in [0, 0.1) is 11.3 Å². The molecule has 0 aromatic heterocycles. The largest absolute Gasteiger partial charge is 0.513 e. The molecule has 0 aromatic carbocycles. The molecular formula is C6H8N2O3. The SMILES string of the molecule is COC(=O)N(C)/C(C#N)=C/O. The normalized spacial score (nSPS) is 10.1. The van der Waals surface area contributed by atoms with Gasteiger partial charge in [-0.2, -0.15) is 5.26 Å². The molecule has 0 unspecified atom stereocenters. The van der Waals surface area contributed by atoms with E-state index in [0.717, 1.165) is 4.90 Å². The zero-order valence-corrected chi connectivity index (χ0v) is 6.24. The monoisotopic (exact) mass is 156 g/mol. The van der Waals surface area contributed by atoms with Crippen molar-refractivity contribution in [2.45, 2.75) is 0 Å². The van der Waals surface area contributed by atoms with E-state index in [1.165, 1.54) is 14.2 Å². The number of nitriles is 1. The Hall–Kier alpha value is -1.70. The van der Waals surface area contributed by atoms with Crippen molar-refractivity contribution in [1.82, 2.24) is 4.90 Å². The minimum atomic E-state index is -0.702. The van der Waals surface area contributed by atoms with Crippen molar-refractivity contribution in [3.05, 3.63) is 12.0 Å². The fourth-order valence-electron chi connectivity index (χ4n) is 0.426. The van der Waals surface area contributed by atoms with Gasteiger partial charge in [0.05, 0.1) is 7.11 Å². The van der Waals surface area contributed by atoms with E-state index >= 15 is 0 Å². The molecule has 0 rings (SSSR count). The van der Waals surface area contributed by atoms with Crippen LogP contribution in [-0.4, -0.2) is 30.3 Å². The van der Waals surface area contributed by atoms with Crippen LogP contribution in [0.4, 0.5) is 4.79 Å². The number of carbonyl (C=O) groups excluding carboxylic acids is 1. The molecule has 60 valence electrons. The van der Waals surface area contributed by atoms with Gasteiger partial charge in [-0.1, -0.05) is 0 Å². The number of aliphatic hydroxyl groups is 1. The van der Waals surface area contributed by atoms with Gasteiger partial charge in [-0.05, 0) is 0 Å². The number of allylic oxidation sites excluding steroid dienone is 1. The fourth-order valence-corrected chi connectivity index (χ4v) is 0.426. The molecule has 1 amide bonds. The highest BCUT2D eigenvalue weighted by molar-refractivity contribution is 5.70. The summed E-state index contributed by atoms with van der Waals surface area (Å²) >= 11 is 0.